The highest BCUT2D eigenvalue weighted by Gasteiger charge is 2.24. The Bertz CT molecular complexity index is 674. The minimum absolute atomic E-state index is 0.0757. The van der Waals surface area contributed by atoms with Crippen molar-refractivity contribution in [2.45, 2.75) is 47.0 Å². The van der Waals surface area contributed by atoms with E-state index in [1.165, 1.54) is 0 Å². The zero-order valence-corrected chi connectivity index (χ0v) is 13.3. The predicted octanol–water partition coefficient (Wildman–Crippen LogP) is 4.24. The second kappa shape index (κ2) is 5.84. The lowest BCUT2D eigenvalue weighted by molar-refractivity contribution is -0.118. The van der Waals surface area contributed by atoms with Gasteiger partial charge in [-0.15, -0.1) is 0 Å². The lowest BCUT2D eigenvalue weighted by Gasteiger charge is -2.19. The van der Waals surface area contributed by atoms with E-state index in [1.807, 2.05) is 58.2 Å². The van der Waals surface area contributed by atoms with Gasteiger partial charge < -0.3 is 0 Å². The van der Waals surface area contributed by atoms with Gasteiger partial charge >= 0.3 is 0 Å². The quantitative estimate of drug-likeness (QED) is 0.842. The van der Waals surface area contributed by atoms with Gasteiger partial charge in [0.2, 0.25) is 5.91 Å². The summed E-state index contributed by atoms with van der Waals surface area (Å²) in [4.78, 5) is 24.1. The first-order valence-electron chi connectivity index (χ1n) is 7.50. The van der Waals surface area contributed by atoms with Crippen molar-refractivity contribution in [3.05, 3.63) is 36.0 Å². The molecule has 0 atom stereocenters. The molecule has 21 heavy (non-hydrogen) atoms. The van der Waals surface area contributed by atoms with Crippen LogP contribution in [0, 0.1) is 5.41 Å². The largest absolute Gasteiger partial charge is 0.300 e. The van der Waals surface area contributed by atoms with Crippen LogP contribution in [0.5, 0.6) is 0 Å². The van der Waals surface area contributed by atoms with Gasteiger partial charge in [0, 0.05) is 29.8 Å². The molecule has 112 valence electrons. The minimum Gasteiger partial charge on any atom is -0.300 e. The SMILES string of the molecule is CCC(=O)CCc1cccc2ccn(C(=O)C(C)(C)C)c12. The Hall–Kier alpha value is -1.90. The minimum atomic E-state index is -0.432. The fourth-order valence-electron chi connectivity index (χ4n) is 2.45. The van der Waals surface area contributed by atoms with Crippen LogP contribution in [0.2, 0.25) is 0 Å². The second-order valence-corrected chi connectivity index (χ2v) is 6.49. The number of nitrogens with zero attached hydrogens (tertiary/aromatic N) is 1. The number of hydrogen-bond donors (Lipinski definition) is 0. The molecule has 0 amide bonds. The molecule has 2 rings (SSSR count). The van der Waals surface area contributed by atoms with E-state index in [0.29, 0.717) is 19.3 Å². The summed E-state index contributed by atoms with van der Waals surface area (Å²) in [5, 5.41) is 1.05. The molecule has 0 aliphatic carbocycles. The van der Waals surface area contributed by atoms with Crippen molar-refractivity contribution in [1.82, 2.24) is 4.57 Å². The zero-order chi connectivity index (χ0) is 15.6. The molecule has 3 heteroatoms. The van der Waals surface area contributed by atoms with E-state index >= 15 is 0 Å². The number of carbonyl (C=O) groups is 2. The zero-order valence-electron chi connectivity index (χ0n) is 13.3. The van der Waals surface area contributed by atoms with E-state index in [4.69, 9.17) is 0 Å². The number of benzene rings is 1. The van der Waals surface area contributed by atoms with Gasteiger partial charge in [-0.3, -0.25) is 14.2 Å². The Kier molecular flexibility index (Phi) is 4.31. The fourth-order valence-corrected chi connectivity index (χ4v) is 2.45. The average Bonchev–Trinajstić information content (AvgIpc) is 2.87. The molecule has 0 aliphatic rings. The van der Waals surface area contributed by atoms with E-state index < -0.39 is 5.41 Å². The molecule has 1 heterocycles. The highest BCUT2D eigenvalue weighted by molar-refractivity contribution is 5.96. The first kappa shape index (κ1) is 15.5. The highest BCUT2D eigenvalue weighted by Crippen LogP contribution is 2.26. The standard InChI is InChI=1S/C18H23NO2/c1-5-15(20)10-9-13-7-6-8-14-11-12-19(16(13)14)17(21)18(2,3)4/h6-8,11-12H,5,9-10H2,1-4H3. The molecule has 0 fully saturated rings. The fraction of sp³-hybridized carbons (Fsp3) is 0.444. The van der Waals surface area contributed by atoms with Crippen molar-refractivity contribution >= 4 is 22.6 Å². The summed E-state index contributed by atoms with van der Waals surface area (Å²) < 4.78 is 1.74. The first-order chi connectivity index (χ1) is 9.84. The van der Waals surface area contributed by atoms with Crippen molar-refractivity contribution in [2.24, 2.45) is 5.41 Å². The van der Waals surface area contributed by atoms with Gasteiger partial charge in [-0.25, -0.2) is 0 Å². The first-order valence-corrected chi connectivity index (χ1v) is 7.50. The Labute approximate surface area is 126 Å². The van der Waals surface area contributed by atoms with Crippen LogP contribution in [0.25, 0.3) is 10.9 Å². The number of fused-ring (bicyclic) bond motifs is 1. The third kappa shape index (κ3) is 3.23. The van der Waals surface area contributed by atoms with Crippen molar-refractivity contribution in [2.75, 3.05) is 0 Å². The second-order valence-electron chi connectivity index (χ2n) is 6.49. The third-order valence-corrected chi connectivity index (χ3v) is 3.72. The number of aryl methyl sites for hydroxylation is 1. The molecular formula is C18H23NO2. The summed E-state index contributed by atoms with van der Waals surface area (Å²) in [6.45, 7) is 7.65. The number of Topliss-reactive ketones (excluding diaryl/α,β-unsaturated/α-hetero) is 1. The van der Waals surface area contributed by atoms with Gasteiger partial charge in [-0.1, -0.05) is 45.9 Å². The van der Waals surface area contributed by atoms with Crippen molar-refractivity contribution in [3.63, 3.8) is 0 Å². The smallest absolute Gasteiger partial charge is 0.236 e. The van der Waals surface area contributed by atoms with Crippen molar-refractivity contribution in [3.8, 4) is 0 Å². The number of rotatable bonds is 4. The predicted molar refractivity (Wildman–Crippen MR) is 85.6 cm³/mol. The topological polar surface area (TPSA) is 39.1 Å². The molecule has 2 aromatic rings. The molecule has 0 spiro atoms. The summed E-state index contributed by atoms with van der Waals surface area (Å²) in [5.41, 5.74) is 1.58. The molecular weight excluding hydrogens is 262 g/mol. The molecule has 0 aliphatic heterocycles. The van der Waals surface area contributed by atoms with Crippen molar-refractivity contribution < 1.29 is 9.59 Å². The normalized spacial score (nSPS) is 11.8. The molecule has 1 aromatic carbocycles. The van der Waals surface area contributed by atoms with Crippen LogP contribution in [0.1, 0.15) is 50.9 Å². The van der Waals surface area contributed by atoms with Gasteiger partial charge in [0.05, 0.1) is 5.52 Å². The lowest BCUT2D eigenvalue weighted by Crippen LogP contribution is -2.26. The summed E-state index contributed by atoms with van der Waals surface area (Å²) in [5.74, 6) is 0.332. The third-order valence-electron chi connectivity index (χ3n) is 3.72. The number of hydrogen-bond acceptors (Lipinski definition) is 2. The number of carbonyl (C=O) groups excluding carboxylic acids is 2. The van der Waals surface area contributed by atoms with Crippen molar-refractivity contribution in [1.29, 1.82) is 0 Å². The maximum Gasteiger partial charge on any atom is 0.236 e. The average molecular weight is 285 g/mol. The van der Waals surface area contributed by atoms with E-state index in [1.54, 1.807) is 4.57 Å². The van der Waals surface area contributed by atoms with E-state index in [2.05, 4.69) is 0 Å². The Morgan fingerprint density at radius 2 is 1.86 bits per heavy atom. The molecule has 3 nitrogen and oxygen atoms in total. The molecule has 0 unspecified atom stereocenters. The van der Waals surface area contributed by atoms with E-state index in [0.717, 1.165) is 16.5 Å². The Morgan fingerprint density at radius 1 is 1.14 bits per heavy atom. The Morgan fingerprint density at radius 3 is 2.48 bits per heavy atom. The lowest BCUT2D eigenvalue weighted by atomic mass is 9.95. The maximum atomic E-state index is 12.6. The van der Waals surface area contributed by atoms with Crippen LogP contribution in [0.15, 0.2) is 30.5 Å². The molecule has 0 saturated heterocycles. The number of para-hydroxylation sites is 1. The van der Waals surface area contributed by atoms with Gasteiger partial charge in [0.25, 0.3) is 0 Å². The summed E-state index contributed by atoms with van der Waals surface area (Å²) in [7, 11) is 0. The molecule has 0 N–H and O–H groups in total. The Balaban J connectivity index is 2.45. The summed E-state index contributed by atoms with van der Waals surface area (Å²) in [6.07, 6.45) is 3.62. The van der Waals surface area contributed by atoms with E-state index in [-0.39, 0.29) is 11.7 Å². The van der Waals surface area contributed by atoms with Gasteiger partial charge in [-0.2, -0.15) is 0 Å². The molecule has 1 aromatic heterocycles. The van der Waals surface area contributed by atoms with Gasteiger partial charge in [0.1, 0.15) is 5.78 Å². The van der Waals surface area contributed by atoms with Crippen LogP contribution in [0.3, 0.4) is 0 Å². The monoisotopic (exact) mass is 285 g/mol. The molecule has 0 saturated carbocycles. The van der Waals surface area contributed by atoms with Crippen LogP contribution < -0.4 is 0 Å². The van der Waals surface area contributed by atoms with E-state index in [9.17, 15) is 9.59 Å². The van der Waals surface area contributed by atoms with Crippen LogP contribution >= 0.6 is 0 Å². The maximum absolute atomic E-state index is 12.6. The molecule has 0 bridgehead atoms. The molecule has 0 radical (unpaired) electrons. The summed E-state index contributed by atoms with van der Waals surface area (Å²) >= 11 is 0. The number of aromatic nitrogens is 1. The van der Waals surface area contributed by atoms with Crippen LogP contribution in [-0.2, 0) is 11.2 Å². The number of ketones is 1. The summed E-state index contributed by atoms with van der Waals surface area (Å²) in [6, 6.07) is 7.97. The highest BCUT2D eigenvalue weighted by atomic mass is 16.2. The van der Waals surface area contributed by atoms with Gasteiger partial charge in [0.15, 0.2) is 0 Å². The van der Waals surface area contributed by atoms with Crippen LogP contribution in [-0.4, -0.2) is 16.3 Å². The van der Waals surface area contributed by atoms with Crippen LogP contribution in [0.4, 0.5) is 0 Å². The van der Waals surface area contributed by atoms with Gasteiger partial charge in [-0.05, 0) is 18.1 Å².